The van der Waals surface area contributed by atoms with Gasteiger partial charge in [0.1, 0.15) is 11.5 Å². The summed E-state index contributed by atoms with van der Waals surface area (Å²) in [7, 11) is 1.28. The number of amides is 1. The molecule has 0 aliphatic heterocycles. The van der Waals surface area contributed by atoms with E-state index in [-0.39, 0.29) is 29.6 Å². The van der Waals surface area contributed by atoms with E-state index in [1.165, 1.54) is 25.3 Å². The van der Waals surface area contributed by atoms with E-state index in [0.717, 1.165) is 16.5 Å². The number of rotatable bonds is 9. The number of phenolic OH excluding ortho intramolecular Hbond substituents is 1. The van der Waals surface area contributed by atoms with Crippen molar-refractivity contribution in [1.29, 1.82) is 0 Å². The zero-order valence-corrected chi connectivity index (χ0v) is 20.9. The molecule has 8 heteroatoms. The number of aromatic nitrogens is 1. The van der Waals surface area contributed by atoms with Gasteiger partial charge in [0.15, 0.2) is 0 Å². The second-order valence-electron chi connectivity index (χ2n) is 9.02. The minimum absolute atomic E-state index is 0.0518. The number of esters is 1. The van der Waals surface area contributed by atoms with Crippen LogP contribution in [0.3, 0.4) is 0 Å². The predicted octanol–water partition coefficient (Wildman–Crippen LogP) is 4.45. The van der Waals surface area contributed by atoms with Gasteiger partial charge >= 0.3 is 5.97 Å². The van der Waals surface area contributed by atoms with Crippen LogP contribution in [0.5, 0.6) is 11.5 Å². The lowest BCUT2D eigenvalue weighted by molar-refractivity contribution is 0.0600. The Labute approximate surface area is 214 Å². The summed E-state index contributed by atoms with van der Waals surface area (Å²) in [6, 6.07) is 16.6. The maximum absolute atomic E-state index is 13.5. The molecule has 1 amide bonds. The van der Waals surface area contributed by atoms with Crippen LogP contribution < -0.4 is 10.1 Å². The number of aromatic hydroxyl groups is 1. The maximum atomic E-state index is 13.5. The topological polar surface area (TPSA) is 121 Å². The molecule has 0 saturated heterocycles. The highest BCUT2D eigenvalue weighted by atomic mass is 16.5. The number of carbonyl (C=O) groups excluding carboxylic acids is 2. The Balaban J connectivity index is 1.65. The third kappa shape index (κ3) is 5.76. The Kier molecular flexibility index (Phi) is 7.79. The summed E-state index contributed by atoms with van der Waals surface area (Å²) >= 11 is 0. The van der Waals surface area contributed by atoms with Crippen LogP contribution in [0.15, 0.2) is 66.9 Å². The summed E-state index contributed by atoms with van der Waals surface area (Å²) in [6.07, 6.45) is 2.12. The zero-order valence-electron chi connectivity index (χ0n) is 20.9. The summed E-state index contributed by atoms with van der Waals surface area (Å²) in [5.41, 5.74) is 3.35. The van der Waals surface area contributed by atoms with E-state index in [4.69, 9.17) is 9.47 Å². The first-order valence-corrected chi connectivity index (χ1v) is 12.0. The lowest BCUT2D eigenvalue weighted by atomic mass is 9.98. The maximum Gasteiger partial charge on any atom is 0.337 e. The van der Waals surface area contributed by atoms with Gasteiger partial charge in [-0.2, -0.15) is 0 Å². The van der Waals surface area contributed by atoms with Gasteiger partial charge in [-0.15, -0.1) is 0 Å². The van der Waals surface area contributed by atoms with Gasteiger partial charge in [0.25, 0.3) is 5.91 Å². The lowest BCUT2D eigenvalue weighted by Crippen LogP contribution is -2.39. The van der Waals surface area contributed by atoms with Crippen LogP contribution in [-0.4, -0.2) is 52.9 Å². The molecule has 0 fully saturated rings. The van der Waals surface area contributed by atoms with Crippen LogP contribution >= 0.6 is 0 Å². The van der Waals surface area contributed by atoms with E-state index in [1.807, 2.05) is 44.3 Å². The number of aliphatic hydroxyl groups excluding tert-OH is 1. The number of ether oxygens (including phenoxy) is 2. The highest BCUT2D eigenvalue weighted by Gasteiger charge is 2.21. The van der Waals surface area contributed by atoms with Crippen molar-refractivity contribution in [3.8, 4) is 22.6 Å². The minimum atomic E-state index is -0.543. The van der Waals surface area contributed by atoms with E-state index in [2.05, 4.69) is 10.3 Å². The molecule has 4 aromatic rings. The Morgan fingerprint density at radius 2 is 1.84 bits per heavy atom. The summed E-state index contributed by atoms with van der Waals surface area (Å²) in [5.74, 6) is -0.658. The van der Waals surface area contributed by atoms with Crippen LogP contribution in [0, 0.1) is 0 Å². The number of aromatic amines is 1. The highest BCUT2D eigenvalue weighted by molar-refractivity contribution is 5.99. The molecule has 1 atom stereocenters. The molecule has 4 rings (SSSR count). The molecule has 0 spiro atoms. The van der Waals surface area contributed by atoms with E-state index in [0.29, 0.717) is 23.3 Å². The number of hydrogen-bond acceptors (Lipinski definition) is 6. The summed E-state index contributed by atoms with van der Waals surface area (Å²) in [5, 5.41) is 24.5. The number of carbonyl (C=O) groups is 2. The molecular weight excluding hydrogens is 472 g/mol. The first-order valence-electron chi connectivity index (χ1n) is 12.0. The number of nitrogens with one attached hydrogen (secondary N) is 2. The van der Waals surface area contributed by atoms with Gasteiger partial charge in [-0.25, -0.2) is 4.79 Å². The Bertz CT molecular complexity index is 1430. The molecule has 0 saturated carbocycles. The minimum Gasteiger partial charge on any atom is -0.507 e. The first kappa shape index (κ1) is 25.8. The Morgan fingerprint density at radius 3 is 2.57 bits per heavy atom. The number of hydrogen-bond donors (Lipinski definition) is 4. The average Bonchev–Trinajstić information content (AvgIpc) is 3.30. The quantitative estimate of drug-likeness (QED) is 0.251. The summed E-state index contributed by atoms with van der Waals surface area (Å²) in [4.78, 5) is 28.7. The molecule has 37 heavy (non-hydrogen) atoms. The molecule has 0 aliphatic carbocycles. The fraction of sp³-hybridized carbons (Fsp3) is 0.241. The van der Waals surface area contributed by atoms with Crippen molar-refractivity contribution in [3.63, 3.8) is 0 Å². The molecule has 3 aromatic carbocycles. The van der Waals surface area contributed by atoms with Gasteiger partial charge in [-0.3, -0.25) is 4.79 Å². The molecule has 8 nitrogen and oxygen atoms in total. The van der Waals surface area contributed by atoms with Gasteiger partial charge in [-0.05, 0) is 67.8 Å². The van der Waals surface area contributed by atoms with E-state index < -0.39 is 17.9 Å². The molecule has 1 heterocycles. The molecule has 0 bridgehead atoms. The molecule has 4 N–H and O–H groups in total. The van der Waals surface area contributed by atoms with Crippen LogP contribution in [0.4, 0.5) is 0 Å². The third-order valence-electron chi connectivity index (χ3n) is 6.01. The highest BCUT2D eigenvalue weighted by Crippen LogP contribution is 2.34. The number of aliphatic hydroxyl groups is 1. The monoisotopic (exact) mass is 502 g/mol. The lowest BCUT2D eigenvalue weighted by Gasteiger charge is -2.19. The van der Waals surface area contributed by atoms with Crippen molar-refractivity contribution in [2.75, 3.05) is 13.7 Å². The third-order valence-corrected chi connectivity index (χ3v) is 6.01. The van der Waals surface area contributed by atoms with Crippen LogP contribution in [0.25, 0.3) is 22.0 Å². The predicted molar refractivity (Wildman–Crippen MR) is 141 cm³/mol. The van der Waals surface area contributed by atoms with Crippen molar-refractivity contribution in [2.45, 2.75) is 32.4 Å². The van der Waals surface area contributed by atoms with Crippen LogP contribution in [0.2, 0.25) is 0 Å². The second kappa shape index (κ2) is 11.2. The van der Waals surface area contributed by atoms with Gasteiger partial charge in [0.05, 0.1) is 37.0 Å². The average molecular weight is 503 g/mol. The fourth-order valence-electron chi connectivity index (χ4n) is 4.23. The molecule has 1 aromatic heterocycles. The Hall–Kier alpha value is -4.30. The second-order valence-corrected chi connectivity index (χ2v) is 9.02. The number of fused-ring (bicyclic) bond motifs is 1. The number of benzene rings is 3. The van der Waals surface area contributed by atoms with Gasteiger partial charge in [0, 0.05) is 22.7 Å². The standard InChI is InChI=1S/C29H30N2O6/c1-17(2)37-27-11-9-18(23-14-19(29(35)36-3)8-10-26(23)33)13-24(27)28(34)31-21(16-32)12-20-15-30-25-7-5-4-6-22(20)25/h4-11,13-15,17,21,30,32-33H,12,16H2,1-3H3,(H,31,34)/t21-/m1/s1. The van der Waals surface area contributed by atoms with Crippen LogP contribution in [-0.2, 0) is 11.2 Å². The normalized spacial score (nSPS) is 11.9. The fourth-order valence-corrected chi connectivity index (χ4v) is 4.23. The van der Waals surface area contributed by atoms with E-state index >= 15 is 0 Å². The van der Waals surface area contributed by atoms with Crippen molar-refractivity contribution in [1.82, 2.24) is 10.3 Å². The largest absolute Gasteiger partial charge is 0.507 e. The van der Waals surface area contributed by atoms with Crippen molar-refractivity contribution in [3.05, 3.63) is 83.6 Å². The van der Waals surface area contributed by atoms with Crippen LogP contribution in [0.1, 0.15) is 40.1 Å². The number of H-pyrrole nitrogens is 1. The van der Waals surface area contributed by atoms with E-state index in [1.54, 1.807) is 18.2 Å². The van der Waals surface area contributed by atoms with Crippen molar-refractivity contribution in [2.24, 2.45) is 0 Å². The summed E-state index contributed by atoms with van der Waals surface area (Å²) in [6.45, 7) is 3.46. The molecule has 0 aliphatic rings. The SMILES string of the molecule is COC(=O)c1ccc(O)c(-c2ccc(OC(C)C)c(C(=O)N[C@@H](CO)Cc3c[nH]c4ccccc34)c2)c1. The molecule has 0 unspecified atom stereocenters. The first-order chi connectivity index (χ1) is 17.8. The van der Waals surface area contributed by atoms with E-state index in [9.17, 15) is 19.8 Å². The van der Waals surface area contributed by atoms with Gasteiger partial charge in [0.2, 0.25) is 0 Å². The molecule has 192 valence electrons. The number of methoxy groups -OCH3 is 1. The van der Waals surface area contributed by atoms with Crippen molar-refractivity contribution < 1.29 is 29.3 Å². The smallest absolute Gasteiger partial charge is 0.337 e. The number of para-hydroxylation sites is 1. The molecular formula is C29H30N2O6. The van der Waals surface area contributed by atoms with Crippen molar-refractivity contribution >= 4 is 22.8 Å². The molecule has 0 radical (unpaired) electrons. The van der Waals surface area contributed by atoms with Gasteiger partial charge < -0.3 is 30.0 Å². The zero-order chi connectivity index (χ0) is 26.5. The number of phenols is 1. The summed E-state index contributed by atoms with van der Waals surface area (Å²) < 4.78 is 10.7. The Morgan fingerprint density at radius 1 is 1.05 bits per heavy atom. The van der Waals surface area contributed by atoms with Gasteiger partial charge in [-0.1, -0.05) is 24.3 Å².